The first kappa shape index (κ1) is 20.2. The third kappa shape index (κ3) is 4.51. The number of aromatic nitrogens is 4. The van der Waals surface area contributed by atoms with Gasteiger partial charge in [-0.2, -0.15) is 0 Å². The molecule has 3 aromatic rings. The summed E-state index contributed by atoms with van der Waals surface area (Å²) in [6.07, 6.45) is 1.85. The van der Waals surface area contributed by atoms with Crippen molar-refractivity contribution >= 4 is 41.0 Å². The molecule has 2 fully saturated rings. The minimum atomic E-state index is -2.78. The molecule has 2 saturated heterocycles. The maximum Gasteiger partial charge on any atom is 0.415 e. The average molecular weight is 509 g/mol. The van der Waals surface area contributed by atoms with E-state index in [4.69, 9.17) is 18.3 Å². The Morgan fingerprint density at radius 1 is 1.05 bits per heavy atom. The lowest BCUT2D eigenvalue weighted by atomic mass is 10.1. The van der Waals surface area contributed by atoms with Gasteiger partial charge in [0.25, 0.3) is 5.91 Å². The van der Waals surface area contributed by atoms with Crippen LogP contribution in [0.2, 0.25) is 0 Å². The number of benzene rings is 1. The number of para-hydroxylation sites is 1. The third-order valence-electron chi connectivity index (χ3n) is 5.59. The first-order valence-corrected chi connectivity index (χ1v) is 11.0. The summed E-state index contributed by atoms with van der Waals surface area (Å²) in [4.78, 5) is 48.1. The van der Waals surface area contributed by atoms with Gasteiger partial charge in [0.05, 0.1) is 55.2 Å². The minimum Gasteiger partial charge on any atom is -0.494 e. The molecule has 0 unspecified atom stereocenters. The van der Waals surface area contributed by atoms with Gasteiger partial charge in [-0.15, -0.1) is 10.2 Å². The van der Waals surface area contributed by atoms with Crippen molar-refractivity contribution in [3.63, 3.8) is 0 Å². The highest BCUT2D eigenvalue weighted by molar-refractivity contribution is 5.99. The number of anilines is 4. The van der Waals surface area contributed by atoms with E-state index in [2.05, 4.69) is 25.5 Å². The van der Waals surface area contributed by atoms with E-state index >= 15 is 0 Å². The summed E-state index contributed by atoms with van der Waals surface area (Å²) in [6.45, 7) is -1.74. The van der Waals surface area contributed by atoms with Gasteiger partial charge < -0.3 is 24.8 Å². The number of amides is 3. The number of ether oxygens (including phenoxy) is 3. The summed E-state index contributed by atoms with van der Waals surface area (Å²) in [5.74, 6) is -0.354. The van der Waals surface area contributed by atoms with Crippen LogP contribution in [0, 0.1) is 0 Å². The standard InChI is InChI=1S/C23H22N8O6/c1-24-21(32)18-16(10-17(28-29-18)31-7-9-37-23(31)34)27-15-5-3-4-14(19(15)35-2)20-25-11-13(12-26-20)30-6-8-36-22(30)33/h3-5,10-12H,6-9H2,1-2H3,(H,24,32)(H,27,28)/i1D3. The van der Waals surface area contributed by atoms with Crippen LogP contribution in [0.5, 0.6) is 5.75 Å². The highest BCUT2D eigenvalue weighted by atomic mass is 16.6. The Balaban J connectivity index is 1.50. The molecule has 0 spiro atoms. The van der Waals surface area contributed by atoms with Crippen LogP contribution >= 0.6 is 0 Å². The zero-order valence-electron chi connectivity index (χ0n) is 22.4. The van der Waals surface area contributed by atoms with Crippen LogP contribution in [-0.4, -0.2) is 78.6 Å². The summed E-state index contributed by atoms with van der Waals surface area (Å²) in [6, 6.07) is 6.42. The number of cyclic esters (lactones) is 2. The van der Waals surface area contributed by atoms with Crippen molar-refractivity contribution in [1.29, 1.82) is 0 Å². The summed E-state index contributed by atoms with van der Waals surface area (Å²) in [5, 5.41) is 12.7. The van der Waals surface area contributed by atoms with Crippen molar-refractivity contribution in [2.24, 2.45) is 0 Å². The van der Waals surface area contributed by atoms with E-state index < -0.39 is 25.1 Å². The van der Waals surface area contributed by atoms with Crippen molar-refractivity contribution in [1.82, 2.24) is 25.5 Å². The van der Waals surface area contributed by atoms with Gasteiger partial charge in [-0.05, 0) is 12.1 Å². The molecule has 190 valence electrons. The maximum absolute atomic E-state index is 12.8. The van der Waals surface area contributed by atoms with Crippen LogP contribution in [0.15, 0.2) is 36.7 Å². The summed E-state index contributed by atoms with van der Waals surface area (Å²) < 4.78 is 37.7. The fourth-order valence-electron chi connectivity index (χ4n) is 3.84. The molecule has 2 aromatic heterocycles. The van der Waals surface area contributed by atoms with E-state index in [1.807, 2.05) is 5.32 Å². The molecule has 14 heteroatoms. The Morgan fingerprint density at radius 2 is 1.78 bits per heavy atom. The smallest absolute Gasteiger partial charge is 0.415 e. The van der Waals surface area contributed by atoms with Gasteiger partial charge in [0.1, 0.15) is 13.2 Å². The van der Waals surface area contributed by atoms with Gasteiger partial charge in [-0.1, -0.05) is 6.07 Å². The van der Waals surface area contributed by atoms with Crippen LogP contribution in [0.4, 0.5) is 32.5 Å². The zero-order valence-corrected chi connectivity index (χ0v) is 19.4. The molecule has 0 aliphatic carbocycles. The second kappa shape index (κ2) is 9.93. The predicted octanol–water partition coefficient (Wildman–Crippen LogP) is 1.96. The van der Waals surface area contributed by atoms with E-state index in [0.717, 1.165) is 0 Å². The largest absolute Gasteiger partial charge is 0.494 e. The quantitative estimate of drug-likeness (QED) is 0.479. The molecule has 4 heterocycles. The predicted molar refractivity (Wildman–Crippen MR) is 130 cm³/mol. The minimum absolute atomic E-state index is 0.0470. The summed E-state index contributed by atoms with van der Waals surface area (Å²) in [7, 11) is 1.43. The molecule has 37 heavy (non-hydrogen) atoms. The molecular weight excluding hydrogens is 484 g/mol. The van der Waals surface area contributed by atoms with Crippen molar-refractivity contribution in [3.05, 3.63) is 42.4 Å². The van der Waals surface area contributed by atoms with Crippen molar-refractivity contribution in [3.8, 4) is 17.1 Å². The van der Waals surface area contributed by atoms with Crippen LogP contribution in [-0.2, 0) is 9.47 Å². The maximum atomic E-state index is 12.8. The Morgan fingerprint density at radius 3 is 2.43 bits per heavy atom. The first-order chi connectivity index (χ1) is 19.1. The molecule has 2 aliphatic rings. The van der Waals surface area contributed by atoms with E-state index in [0.29, 0.717) is 23.5 Å². The van der Waals surface area contributed by atoms with Gasteiger partial charge in [0.15, 0.2) is 23.1 Å². The van der Waals surface area contributed by atoms with Crippen molar-refractivity contribution in [2.75, 3.05) is 55.5 Å². The van der Waals surface area contributed by atoms with E-state index in [1.165, 1.54) is 35.4 Å². The van der Waals surface area contributed by atoms with E-state index in [1.54, 1.807) is 18.2 Å². The SMILES string of the molecule is [2H]C([2H])([2H])NC(=O)c1nnc(N2CCOC2=O)cc1Nc1cccc(-c2ncc(N3CCOC3=O)cn2)c1OC. The van der Waals surface area contributed by atoms with Gasteiger partial charge >= 0.3 is 12.2 Å². The number of hydrogen-bond donors (Lipinski definition) is 2. The fourth-order valence-corrected chi connectivity index (χ4v) is 3.84. The number of rotatable bonds is 7. The number of nitrogens with one attached hydrogen (secondary N) is 2. The van der Waals surface area contributed by atoms with Crippen molar-refractivity contribution < 1.29 is 32.7 Å². The van der Waals surface area contributed by atoms with Gasteiger partial charge in [0, 0.05) is 17.2 Å². The van der Waals surface area contributed by atoms with E-state index in [-0.39, 0.29) is 48.5 Å². The second-order valence-electron chi connectivity index (χ2n) is 7.73. The second-order valence-corrected chi connectivity index (χ2v) is 7.73. The normalized spacial score (nSPS) is 16.4. The molecule has 14 nitrogen and oxygen atoms in total. The molecule has 1 aromatic carbocycles. The monoisotopic (exact) mass is 509 g/mol. The Bertz CT molecular complexity index is 1470. The number of carbonyl (C=O) groups is 3. The molecule has 3 amide bonds. The molecule has 2 N–H and O–H groups in total. The molecule has 0 atom stereocenters. The van der Waals surface area contributed by atoms with Gasteiger partial charge in [-0.3, -0.25) is 14.6 Å². The van der Waals surface area contributed by atoms with Gasteiger partial charge in [-0.25, -0.2) is 19.6 Å². The number of nitrogens with zero attached hydrogens (tertiary/aromatic N) is 6. The molecule has 2 aliphatic heterocycles. The summed E-state index contributed by atoms with van der Waals surface area (Å²) >= 11 is 0. The first-order valence-electron chi connectivity index (χ1n) is 12.5. The van der Waals surface area contributed by atoms with E-state index in [9.17, 15) is 14.4 Å². The average Bonchev–Trinajstić information content (AvgIpc) is 3.55. The Kier molecular flexibility index (Phi) is 5.42. The van der Waals surface area contributed by atoms with Crippen LogP contribution < -0.4 is 25.2 Å². The number of carbonyl (C=O) groups excluding carboxylic acids is 3. The number of hydrogen-bond acceptors (Lipinski definition) is 11. The number of methoxy groups -OCH3 is 1. The highest BCUT2D eigenvalue weighted by Gasteiger charge is 2.28. The highest BCUT2D eigenvalue weighted by Crippen LogP contribution is 2.37. The lowest BCUT2D eigenvalue weighted by Crippen LogP contribution is -2.26. The lowest BCUT2D eigenvalue weighted by molar-refractivity contribution is 0.0958. The molecule has 5 rings (SSSR count). The van der Waals surface area contributed by atoms with Crippen molar-refractivity contribution in [2.45, 2.75) is 0 Å². The van der Waals surface area contributed by atoms with Crippen LogP contribution in [0.25, 0.3) is 11.4 Å². The molecule has 0 saturated carbocycles. The lowest BCUT2D eigenvalue weighted by Gasteiger charge is -2.18. The Hall–Kier alpha value is -5.01. The van der Waals surface area contributed by atoms with Crippen LogP contribution in [0.3, 0.4) is 0 Å². The topological polar surface area (TPSA) is 161 Å². The molecule has 0 radical (unpaired) electrons. The molecular formula is C23H22N8O6. The van der Waals surface area contributed by atoms with Crippen LogP contribution in [0.1, 0.15) is 14.6 Å². The van der Waals surface area contributed by atoms with Gasteiger partial charge in [0.2, 0.25) is 0 Å². The molecule has 0 bridgehead atoms. The third-order valence-corrected chi connectivity index (χ3v) is 5.59. The Labute approximate surface area is 214 Å². The fraction of sp³-hybridized carbons (Fsp3) is 0.261. The summed E-state index contributed by atoms with van der Waals surface area (Å²) in [5.41, 5.74) is 1.01. The zero-order chi connectivity index (χ0) is 28.4.